The van der Waals surface area contributed by atoms with Crippen LogP contribution in [0.5, 0.6) is 5.75 Å². The Hall–Kier alpha value is -1.05. The van der Waals surface area contributed by atoms with Gasteiger partial charge in [0.05, 0.1) is 5.69 Å². The van der Waals surface area contributed by atoms with E-state index >= 15 is 0 Å². The molecule has 8 heteroatoms. The highest BCUT2D eigenvalue weighted by atomic mass is 79.9. The van der Waals surface area contributed by atoms with Crippen LogP contribution in [0.2, 0.25) is 0 Å². The molecule has 2 rings (SSSR count). The Morgan fingerprint density at radius 2 is 2.16 bits per heavy atom. The molecule has 0 N–H and O–H groups in total. The first kappa shape index (κ1) is 14.4. The van der Waals surface area contributed by atoms with Crippen molar-refractivity contribution in [2.45, 2.75) is 11.5 Å². The molecule has 0 aliphatic heterocycles. The van der Waals surface area contributed by atoms with Crippen LogP contribution in [-0.2, 0) is 22.7 Å². The van der Waals surface area contributed by atoms with Crippen molar-refractivity contribution in [3.05, 3.63) is 40.6 Å². The van der Waals surface area contributed by atoms with Gasteiger partial charge in [-0.1, -0.05) is 15.9 Å². The van der Waals surface area contributed by atoms with Gasteiger partial charge in [-0.3, -0.25) is 4.68 Å². The molecule has 2 aromatic rings. The van der Waals surface area contributed by atoms with Gasteiger partial charge < -0.3 is 4.74 Å². The topological polar surface area (TPSA) is 61.2 Å². The zero-order chi connectivity index (χ0) is 14.0. The van der Waals surface area contributed by atoms with Gasteiger partial charge in [0.25, 0.3) is 9.05 Å². The maximum Gasteiger partial charge on any atom is 0.265 e. The lowest BCUT2D eigenvalue weighted by Gasteiger charge is -2.08. The number of ether oxygens (including phenoxy) is 1. The number of hydrogen-bond donors (Lipinski definition) is 0. The minimum Gasteiger partial charge on any atom is -0.486 e. The second kappa shape index (κ2) is 5.52. The van der Waals surface area contributed by atoms with Crippen molar-refractivity contribution in [2.75, 3.05) is 0 Å². The molecule has 0 unspecified atom stereocenters. The molecule has 0 spiro atoms. The normalized spacial score (nSPS) is 11.5. The highest BCUT2D eigenvalue weighted by Gasteiger charge is 2.17. The van der Waals surface area contributed by atoms with E-state index in [2.05, 4.69) is 21.0 Å². The number of rotatable bonds is 4. The lowest BCUT2D eigenvalue weighted by Crippen LogP contribution is -2.02. The Kier molecular flexibility index (Phi) is 4.17. The largest absolute Gasteiger partial charge is 0.486 e. The molecule has 1 aromatic heterocycles. The van der Waals surface area contributed by atoms with Crippen LogP contribution in [-0.4, -0.2) is 18.2 Å². The van der Waals surface area contributed by atoms with Crippen LogP contribution in [0.15, 0.2) is 39.8 Å². The smallest absolute Gasteiger partial charge is 0.265 e. The van der Waals surface area contributed by atoms with E-state index in [1.165, 1.54) is 6.07 Å². The van der Waals surface area contributed by atoms with Gasteiger partial charge >= 0.3 is 0 Å². The Labute approximate surface area is 123 Å². The summed E-state index contributed by atoms with van der Waals surface area (Å²) in [4.78, 5) is -0.0699. The summed E-state index contributed by atoms with van der Waals surface area (Å²) in [5.41, 5.74) is 0.698. The van der Waals surface area contributed by atoms with Crippen molar-refractivity contribution in [3.63, 3.8) is 0 Å². The first-order valence-corrected chi connectivity index (χ1v) is 8.32. The third kappa shape index (κ3) is 3.71. The van der Waals surface area contributed by atoms with Gasteiger partial charge in [-0.05, 0) is 24.3 Å². The second-order valence-electron chi connectivity index (χ2n) is 3.80. The predicted octanol–water partition coefficient (Wildman–Crippen LogP) is 2.69. The monoisotopic (exact) mass is 364 g/mol. The summed E-state index contributed by atoms with van der Waals surface area (Å²) >= 11 is 3.19. The average molecular weight is 366 g/mol. The van der Waals surface area contributed by atoms with Crippen LogP contribution in [0.4, 0.5) is 0 Å². The zero-order valence-corrected chi connectivity index (χ0v) is 13.0. The van der Waals surface area contributed by atoms with Gasteiger partial charge in [-0.15, -0.1) is 0 Å². The van der Waals surface area contributed by atoms with E-state index in [9.17, 15) is 8.42 Å². The average Bonchev–Trinajstić information content (AvgIpc) is 2.72. The lowest BCUT2D eigenvalue weighted by atomic mass is 10.3. The summed E-state index contributed by atoms with van der Waals surface area (Å²) in [6, 6.07) is 6.41. The fraction of sp³-hybridized carbons (Fsp3) is 0.182. The molecule has 0 amide bonds. The van der Waals surface area contributed by atoms with Crippen LogP contribution in [0.1, 0.15) is 5.69 Å². The molecule has 5 nitrogen and oxygen atoms in total. The molecule has 0 saturated heterocycles. The van der Waals surface area contributed by atoms with Crippen molar-refractivity contribution < 1.29 is 13.2 Å². The molecule has 0 aliphatic carbocycles. The van der Waals surface area contributed by atoms with Crippen LogP contribution < -0.4 is 4.74 Å². The van der Waals surface area contributed by atoms with Gasteiger partial charge in [0.1, 0.15) is 17.3 Å². The minimum atomic E-state index is -3.86. The van der Waals surface area contributed by atoms with Gasteiger partial charge in [-0.2, -0.15) is 5.10 Å². The number of halogens is 2. The first-order valence-electron chi connectivity index (χ1n) is 5.22. The van der Waals surface area contributed by atoms with E-state index in [1.807, 2.05) is 0 Å². The molecule has 102 valence electrons. The molecule has 1 heterocycles. The Morgan fingerprint density at radius 1 is 1.42 bits per heavy atom. The van der Waals surface area contributed by atoms with E-state index in [4.69, 9.17) is 15.4 Å². The summed E-state index contributed by atoms with van der Waals surface area (Å²) in [5.74, 6) is 0.198. The van der Waals surface area contributed by atoms with E-state index in [0.717, 1.165) is 0 Å². The number of benzene rings is 1. The third-order valence-corrected chi connectivity index (χ3v) is 4.15. The van der Waals surface area contributed by atoms with Gasteiger partial charge in [-0.25, -0.2) is 8.42 Å². The Morgan fingerprint density at radius 3 is 2.74 bits per heavy atom. The summed E-state index contributed by atoms with van der Waals surface area (Å²) < 4.78 is 30.6. The van der Waals surface area contributed by atoms with E-state index in [0.29, 0.717) is 10.2 Å². The number of hydrogen-bond acceptors (Lipinski definition) is 4. The highest BCUT2D eigenvalue weighted by Crippen LogP contribution is 2.30. The summed E-state index contributed by atoms with van der Waals surface area (Å²) in [6.45, 7) is 0.169. The van der Waals surface area contributed by atoms with Crippen molar-refractivity contribution >= 4 is 35.7 Å². The van der Waals surface area contributed by atoms with E-state index in [-0.39, 0.29) is 17.3 Å². The molecule has 0 atom stereocenters. The molecule has 19 heavy (non-hydrogen) atoms. The minimum absolute atomic E-state index is 0.0699. The molecule has 0 bridgehead atoms. The van der Waals surface area contributed by atoms with Crippen molar-refractivity contribution in [2.24, 2.45) is 7.05 Å². The maximum absolute atomic E-state index is 11.5. The fourth-order valence-corrected chi connectivity index (χ4v) is 2.99. The standard InChI is InChI=1S/C11H10BrClN2O3S/c1-15-5-4-9(14-15)7-18-10-3-2-8(12)6-11(10)19(13,16)17/h2-6H,7H2,1H3. The van der Waals surface area contributed by atoms with Crippen molar-refractivity contribution in [1.29, 1.82) is 0 Å². The van der Waals surface area contributed by atoms with Crippen LogP contribution in [0.25, 0.3) is 0 Å². The zero-order valence-electron chi connectivity index (χ0n) is 9.88. The Balaban J connectivity index is 2.25. The molecular formula is C11H10BrClN2O3S. The van der Waals surface area contributed by atoms with Gasteiger partial charge in [0.2, 0.25) is 0 Å². The van der Waals surface area contributed by atoms with Gasteiger partial charge in [0.15, 0.2) is 0 Å². The molecular weight excluding hydrogens is 356 g/mol. The number of nitrogens with zero attached hydrogens (tertiary/aromatic N) is 2. The Bertz CT molecular complexity index is 700. The summed E-state index contributed by atoms with van der Waals surface area (Å²) in [5, 5.41) is 4.14. The van der Waals surface area contributed by atoms with Crippen LogP contribution >= 0.6 is 26.6 Å². The van der Waals surface area contributed by atoms with Crippen LogP contribution in [0, 0.1) is 0 Å². The molecule has 0 aliphatic rings. The summed E-state index contributed by atoms with van der Waals surface area (Å²) in [6.07, 6.45) is 1.78. The van der Waals surface area contributed by atoms with Crippen molar-refractivity contribution in [3.8, 4) is 5.75 Å². The first-order chi connectivity index (χ1) is 8.86. The highest BCUT2D eigenvalue weighted by molar-refractivity contribution is 9.10. The predicted molar refractivity (Wildman–Crippen MR) is 74.7 cm³/mol. The van der Waals surface area contributed by atoms with E-state index in [1.54, 1.807) is 36.1 Å². The quantitative estimate of drug-likeness (QED) is 0.782. The maximum atomic E-state index is 11.5. The van der Waals surface area contributed by atoms with Gasteiger partial charge in [0, 0.05) is 28.4 Å². The second-order valence-corrected chi connectivity index (χ2v) is 7.25. The van der Waals surface area contributed by atoms with Crippen LogP contribution in [0.3, 0.4) is 0 Å². The van der Waals surface area contributed by atoms with E-state index < -0.39 is 9.05 Å². The third-order valence-electron chi connectivity index (χ3n) is 2.31. The molecule has 0 fully saturated rings. The van der Waals surface area contributed by atoms with Crippen molar-refractivity contribution in [1.82, 2.24) is 9.78 Å². The SMILES string of the molecule is Cn1ccc(COc2ccc(Br)cc2S(=O)(=O)Cl)n1. The lowest BCUT2D eigenvalue weighted by molar-refractivity contribution is 0.292. The molecule has 0 saturated carbocycles. The number of aryl methyl sites for hydroxylation is 1. The fourth-order valence-electron chi connectivity index (χ4n) is 1.48. The molecule has 1 aromatic carbocycles. The molecule has 0 radical (unpaired) electrons. The number of aromatic nitrogens is 2. The summed E-state index contributed by atoms with van der Waals surface area (Å²) in [7, 11) is 3.30.